The highest BCUT2D eigenvalue weighted by Gasteiger charge is 2.38. The second kappa shape index (κ2) is 4.37. The van der Waals surface area contributed by atoms with Crippen molar-refractivity contribution in [2.75, 3.05) is 0 Å². The third-order valence-corrected chi connectivity index (χ3v) is 4.79. The summed E-state index contributed by atoms with van der Waals surface area (Å²) < 4.78 is 1.03. The molecule has 0 amide bonds. The Morgan fingerprint density at radius 1 is 1.44 bits per heavy atom. The normalized spacial score (nSPS) is 22.7. The van der Waals surface area contributed by atoms with Gasteiger partial charge in [0.05, 0.1) is 0 Å². The van der Waals surface area contributed by atoms with E-state index in [1.807, 2.05) is 6.07 Å². The quantitative estimate of drug-likeness (QED) is 0.783. The predicted octanol–water partition coefficient (Wildman–Crippen LogP) is 2.60. The van der Waals surface area contributed by atoms with Crippen molar-refractivity contribution in [3.05, 3.63) is 28.2 Å². The van der Waals surface area contributed by atoms with Crippen LogP contribution in [0.25, 0.3) is 0 Å². The summed E-state index contributed by atoms with van der Waals surface area (Å²) in [4.78, 5) is 1.14. The second-order valence-corrected chi connectivity index (χ2v) is 7.00. The van der Waals surface area contributed by atoms with Gasteiger partial charge in [-0.3, -0.25) is 0 Å². The SMILES string of the molecule is CC1(C)CC(B(O)O)Sc2cc(Br)ccc21. The highest BCUT2D eigenvalue weighted by molar-refractivity contribution is 9.10. The molecule has 2 N–H and O–H groups in total. The fourth-order valence-corrected chi connectivity index (χ4v) is 4.26. The van der Waals surface area contributed by atoms with Crippen molar-refractivity contribution in [2.24, 2.45) is 0 Å². The van der Waals surface area contributed by atoms with Crippen LogP contribution in [0.1, 0.15) is 25.8 Å². The summed E-state index contributed by atoms with van der Waals surface area (Å²) in [5, 5.41) is 18.5. The van der Waals surface area contributed by atoms with Crippen molar-refractivity contribution in [3.8, 4) is 0 Å². The monoisotopic (exact) mass is 300 g/mol. The lowest BCUT2D eigenvalue weighted by molar-refractivity contribution is 0.378. The summed E-state index contributed by atoms with van der Waals surface area (Å²) in [7, 11) is -1.25. The Bertz CT molecular complexity index is 409. The van der Waals surface area contributed by atoms with Crippen LogP contribution >= 0.6 is 27.7 Å². The van der Waals surface area contributed by atoms with E-state index in [1.54, 1.807) is 11.8 Å². The Balaban J connectivity index is 2.43. The average Bonchev–Trinajstić information content (AvgIpc) is 2.15. The fraction of sp³-hybridized carbons (Fsp3) is 0.455. The molecule has 0 fully saturated rings. The summed E-state index contributed by atoms with van der Waals surface area (Å²) in [6.07, 6.45) is 0.782. The van der Waals surface area contributed by atoms with Crippen LogP contribution in [0.4, 0.5) is 0 Å². The Hall–Kier alpha value is 0.0349. The Morgan fingerprint density at radius 2 is 2.12 bits per heavy atom. The Labute approximate surface area is 109 Å². The molecule has 0 aromatic heterocycles. The van der Waals surface area contributed by atoms with Crippen LogP contribution < -0.4 is 0 Å². The molecular weight excluding hydrogens is 287 g/mol. The largest absolute Gasteiger partial charge is 0.465 e. The van der Waals surface area contributed by atoms with Gasteiger partial charge in [-0.15, -0.1) is 11.8 Å². The molecular formula is C11H14BBrO2S. The highest BCUT2D eigenvalue weighted by atomic mass is 79.9. The number of halogens is 1. The highest BCUT2D eigenvalue weighted by Crippen LogP contribution is 2.46. The molecule has 1 atom stereocenters. The minimum atomic E-state index is -1.25. The molecule has 1 heterocycles. The summed E-state index contributed by atoms with van der Waals surface area (Å²) in [5.74, 6) is 0. The number of thioether (sulfide) groups is 1. The third kappa shape index (κ3) is 2.32. The van der Waals surface area contributed by atoms with Gasteiger partial charge in [-0.25, -0.2) is 0 Å². The minimum Gasteiger partial charge on any atom is -0.426 e. The molecule has 1 aliphatic rings. The van der Waals surface area contributed by atoms with E-state index in [1.165, 1.54) is 5.56 Å². The molecule has 1 aromatic rings. The number of rotatable bonds is 1. The standard InChI is InChI=1S/C11H14BBrO2S/c1-11(2)6-10(12(14)15)16-9-5-7(13)3-4-8(9)11/h3-5,10,14-15H,6H2,1-2H3. The molecule has 0 radical (unpaired) electrons. The van der Waals surface area contributed by atoms with Gasteiger partial charge in [0.2, 0.25) is 0 Å². The summed E-state index contributed by atoms with van der Waals surface area (Å²) in [5.41, 5.74) is 1.29. The molecule has 0 spiro atoms. The number of hydrogen-bond donors (Lipinski definition) is 2. The van der Waals surface area contributed by atoms with Gasteiger partial charge in [0.15, 0.2) is 0 Å². The number of fused-ring (bicyclic) bond motifs is 1. The molecule has 2 rings (SSSR count). The smallest absolute Gasteiger partial charge is 0.426 e. The van der Waals surface area contributed by atoms with Gasteiger partial charge in [-0.05, 0) is 29.5 Å². The van der Waals surface area contributed by atoms with Crippen LogP contribution in [-0.2, 0) is 5.41 Å². The van der Waals surface area contributed by atoms with Crippen LogP contribution in [0.5, 0.6) is 0 Å². The van der Waals surface area contributed by atoms with Crippen LogP contribution in [0.2, 0.25) is 0 Å². The molecule has 5 heteroatoms. The first kappa shape index (κ1) is 12.5. The molecule has 16 heavy (non-hydrogen) atoms. The third-order valence-electron chi connectivity index (χ3n) is 3.00. The lowest BCUT2D eigenvalue weighted by Gasteiger charge is -2.36. The van der Waals surface area contributed by atoms with Crippen molar-refractivity contribution < 1.29 is 10.0 Å². The van der Waals surface area contributed by atoms with E-state index in [4.69, 9.17) is 0 Å². The minimum absolute atomic E-state index is 0.00431. The maximum Gasteiger partial charge on any atom is 0.465 e. The molecule has 0 bridgehead atoms. The van der Waals surface area contributed by atoms with E-state index in [-0.39, 0.29) is 10.6 Å². The van der Waals surface area contributed by atoms with E-state index in [0.29, 0.717) is 0 Å². The topological polar surface area (TPSA) is 40.5 Å². The number of hydrogen-bond acceptors (Lipinski definition) is 3. The van der Waals surface area contributed by atoms with Crippen LogP contribution in [0, 0.1) is 0 Å². The van der Waals surface area contributed by atoms with E-state index in [0.717, 1.165) is 15.8 Å². The predicted molar refractivity (Wildman–Crippen MR) is 71.6 cm³/mol. The van der Waals surface area contributed by atoms with Crippen LogP contribution in [0.3, 0.4) is 0 Å². The van der Waals surface area contributed by atoms with Crippen molar-refractivity contribution in [1.29, 1.82) is 0 Å². The first-order valence-electron chi connectivity index (χ1n) is 5.23. The van der Waals surface area contributed by atoms with Gasteiger partial charge in [-0.1, -0.05) is 35.8 Å². The van der Waals surface area contributed by atoms with Crippen molar-refractivity contribution in [2.45, 2.75) is 35.7 Å². The molecule has 1 aromatic carbocycles. The zero-order valence-electron chi connectivity index (χ0n) is 9.27. The second-order valence-electron chi connectivity index (χ2n) is 4.80. The van der Waals surface area contributed by atoms with E-state index in [9.17, 15) is 10.0 Å². The Morgan fingerprint density at radius 3 is 2.75 bits per heavy atom. The van der Waals surface area contributed by atoms with Crippen molar-refractivity contribution in [3.63, 3.8) is 0 Å². The first-order valence-corrected chi connectivity index (χ1v) is 6.90. The van der Waals surface area contributed by atoms with E-state index >= 15 is 0 Å². The molecule has 86 valence electrons. The average molecular weight is 301 g/mol. The number of benzene rings is 1. The molecule has 0 saturated heterocycles. The van der Waals surface area contributed by atoms with Gasteiger partial charge in [0.25, 0.3) is 0 Å². The van der Waals surface area contributed by atoms with Gasteiger partial charge in [0.1, 0.15) is 0 Å². The van der Waals surface area contributed by atoms with Gasteiger partial charge in [0, 0.05) is 14.5 Å². The lowest BCUT2D eigenvalue weighted by Crippen LogP contribution is -2.37. The first-order chi connectivity index (χ1) is 7.40. The maximum atomic E-state index is 9.33. The van der Waals surface area contributed by atoms with Crippen molar-refractivity contribution >= 4 is 34.8 Å². The zero-order chi connectivity index (χ0) is 11.9. The lowest BCUT2D eigenvalue weighted by atomic mass is 9.71. The summed E-state index contributed by atoms with van der Waals surface area (Å²) in [6, 6.07) is 6.21. The zero-order valence-corrected chi connectivity index (χ0v) is 11.7. The van der Waals surface area contributed by atoms with E-state index in [2.05, 4.69) is 41.9 Å². The molecule has 2 nitrogen and oxygen atoms in total. The van der Waals surface area contributed by atoms with Crippen LogP contribution in [0.15, 0.2) is 27.6 Å². The van der Waals surface area contributed by atoms with E-state index < -0.39 is 7.12 Å². The fourth-order valence-electron chi connectivity index (χ4n) is 2.14. The molecule has 0 aliphatic carbocycles. The van der Waals surface area contributed by atoms with Gasteiger partial charge < -0.3 is 10.0 Å². The summed E-state index contributed by atoms with van der Waals surface area (Å²) >= 11 is 5.00. The molecule has 0 saturated carbocycles. The molecule has 1 aliphatic heterocycles. The van der Waals surface area contributed by atoms with Crippen molar-refractivity contribution in [1.82, 2.24) is 0 Å². The Kier molecular flexibility index (Phi) is 3.41. The summed E-state index contributed by atoms with van der Waals surface area (Å²) in [6.45, 7) is 4.30. The molecule has 1 unspecified atom stereocenters. The van der Waals surface area contributed by atoms with Gasteiger partial charge >= 0.3 is 7.12 Å². The van der Waals surface area contributed by atoms with Crippen LogP contribution in [-0.4, -0.2) is 22.3 Å². The van der Waals surface area contributed by atoms with Gasteiger partial charge in [-0.2, -0.15) is 0 Å². The maximum absolute atomic E-state index is 9.33.